The maximum Gasteiger partial charge on any atom is 0.0110 e. The minimum absolute atomic E-state index is 1.03. The van der Waals surface area contributed by atoms with E-state index in [0.29, 0.717) is 0 Å². The third kappa shape index (κ3) is 7.98. The van der Waals surface area contributed by atoms with Gasteiger partial charge in [0, 0.05) is 33.2 Å². The van der Waals surface area contributed by atoms with E-state index in [1.165, 1.54) is 0 Å². The van der Waals surface area contributed by atoms with Crippen LogP contribution in [-0.4, -0.2) is 44.2 Å². The molecule has 1 radical (unpaired) electrons. The lowest BCUT2D eigenvalue weighted by molar-refractivity contribution is 0.364. The Hall–Kier alpha value is -0.120. The lowest BCUT2D eigenvalue weighted by Crippen LogP contribution is -2.32. The lowest BCUT2D eigenvalue weighted by atomic mass is 10.5. The summed E-state index contributed by atoms with van der Waals surface area (Å²) < 4.78 is 0. The zero-order valence-corrected chi connectivity index (χ0v) is 8.40. The molecular formula is C9H22N3. The Kier molecular flexibility index (Phi) is 8.88. The van der Waals surface area contributed by atoms with Crippen molar-refractivity contribution < 1.29 is 0 Å². The molecule has 0 aromatic carbocycles. The minimum Gasteiger partial charge on any atom is -0.316 e. The summed E-state index contributed by atoms with van der Waals surface area (Å²) in [5.74, 6) is 0. The highest BCUT2D eigenvalue weighted by atomic mass is 15.1. The molecular weight excluding hydrogens is 150 g/mol. The summed E-state index contributed by atoms with van der Waals surface area (Å²) >= 11 is 0. The van der Waals surface area contributed by atoms with Gasteiger partial charge in [-0.05, 0) is 13.1 Å². The van der Waals surface area contributed by atoms with Gasteiger partial charge in [0.25, 0.3) is 0 Å². The van der Waals surface area contributed by atoms with Crippen molar-refractivity contribution in [3.8, 4) is 0 Å². The standard InChI is InChI=1S/C9H22N3/c1-4-10-6-8-12(3)9-7-11-5-2/h10-11H,3-9H2,1-2H3. The van der Waals surface area contributed by atoms with Crippen LogP contribution in [0.4, 0.5) is 0 Å². The van der Waals surface area contributed by atoms with Crippen molar-refractivity contribution in [1.82, 2.24) is 15.5 Å². The van der Waals surface area contributed by atoms with Crippen molar-refractivity contribution in [3.05, 3.63) is 7.05 Å². The molecule has 0 aliphatic carbocycles. The normalized spacial score (nSPS) is 11.0. The zero-order valence-electron chi connectivity index (χ0n) is 8.40. The molecule has 0 amide bonds. The van der Waals surface area contributed by atoms with Crippen LogP contribution < -0.4 is 10.6 Å². The van der Waals surface area contributed by atoms with Crippen LogP contribution in [0.5, 0.6) is 0 Å². The highest BCUT2D eigenvalue weighted by Gasteiger charge is 1.95. The van der Waals surface area contributed by atoms with Crippen LogP contribution in [0.15, 0.2) is 0 Å². The lowest BCUT2D eigenvalue weighted by Gasteiger charge is -2.16. The Labute approximate surface area is 76.5 Å². The smallest absolute Gasteiger partial charge is 0.0110 e. The van der Waals surface area contributed by atoms with Gasteiger partial charge in [0.1, 0.15) is 0 Å². The molecule has 0 fully saturated rings. The van der Waals surface area contributed by atoms with Crippen molar-refractivity contribution in [1.29, 1.82) is 0 Å². The quantitative estimate of drug-likeness (QED) is 0.516. The van der Waals surface area contributed by atoms with E-state index in [2.05, 4.69) is 36.4 Å². The maximum absolute atomic E-state index is 3.93. The zero-order chi connectivity index (χ0) is 9.23. The number of nitrogens with zero attached hydrogens (tertiary/aromatic N) is 1. The summed E-state index contributed by atoms with van der Waals surface area (Å²) in [6, 6.07) is 0. The molecule has 0 aliphatic heterocycles. The van der Waals surface area contributed by atoms with Gasteiger partial charge >= 0.3 is 0 Å². The van der Waals surface area contributed by atoms with Crippen LogP contribution in [0.2, 0.25) is 0 Å². The van der Waals surface area contributed by atoms with Gasteiger partial charge in [-0.15, -0.1) is 0 Å². The molecule has 0 aliphatic rings. The Morgan fingerprint density at radius 1 is 1.00 bits per heavy atom. The van der Waals surface area contributed by atoms with E-state index in [0.717, 1.165) is 39.3 Å². The van der Waals surface area contributed by atoms with E-state index >= 15 is 0 Å². The summed E-state index contributed by atoms with van der Waals surface area (Å²) in [6.07, 6.45) is 0. The van der Waals surface area contributed by atoms with E-state index in [1.54, 1.807) is 0 Å². The second-order valence-corrected chi connectivity index (χ2v) is 2.83. The molecule has 12 heavy (non-hydrogen) atoms. The van der Waals surface area contributed by atoms with Gasteiger partial charge in [-0.25, -0.2) is 0 Å². The first-order chi connectivity index (χ1) is 5.81. The average Bonchev–Trinajstić information content (AvgIpc) is 2.06. The number of nitrogens with one attached hydrogen (secondary N) is 2. The van der Waals surface area contributed by atoms with Crippen molar-refractivity contribution in [2.45, 2.75) is 13.8 Å². The number of hydrogen-bond acceptors (Lipinski definition) is 3. The largest absolute Gasteiger partial charge is 0.316 e. The maximum atomic E-state index is 3.93. The third-order valence-electron chi connectivity index (χ3n) is 1.71. The number of hydrogen-bond donors (Lipinski definition) is 2. The molecule has 3 nitrogen and oxygen atoms in total. The summed E-state index contributed by atoms with van der Waals surface area (Å²) in [4.78, 5) is 2.09. The molecule has 0 aromatic rings. The van der Waals surface area contributed by atoms with Gasteiger partial charge in [0.2, 0.25) is 0 Å². The predicted octanol–water partition coefficient (Wildman–Crippen LogP) is 0.299. The SMILES string of the molecule is [CH2]N(CCNCC)CCNCC. The second-order valence-electron chi connectivity index (χ2n) is 2.83. The molecule has 0 bridgehead atoms. The molecule has 0 rings (SSSR count). The Bertz CT molecular complexity index is 75.8. The molecule has 0 spiro atoms. The van der Waals surface area contributed by atoms with E-state index < -0.39 is 0 Å². The first-order valence-electron chi connectivity index (χ1n) is 4.78. The van der Waals surface area contributed by atoms with Gasteiger partial charge in [-0.2, -0.15) is 0 Å². The third-order valence-corrected chi connectivity index (χ3v) is 1.71. The molecule has 0 atom stereocenters. The van der Waals surface area contributed by atoms with Crippen LogP contribution in [0.1, 0.15) is 13.8 Å². The number of rotatable bonds is 8. The second kappa shape index (κ2) is 8.97. The van der Waals surface area contributed by atoms with Gasteiger partial charge in [-0.1, -0.05) is 13.8 Å². The van der Waals surface area contributed by atoms with Gasteiger partial charge in [0.15, 0.2) is 0 Å². The Balaban J connectivity index is 3.04. The van der Waals surface area contributed by atoms with Crippen molar-refractivity contribution in [3.63, 3.8) is 0 Å². The van der Waals surface area contributed by atoms with Crippen molar-refractivity contribution in [2.24, 2.45) is 0 Å². The van der Waals surface area contributed by atoms with Crippen molar-refractivity contribution in [2.75, 3.05) is 39.3 Å². The predicted molar refractivity (Wildman–Crippen MR) is 54.0 cm³/mol. The topological polar surface area (TPSA) is 27.3 Å². The highest BCUT2D eigenvalue weighted by Crippen LogP contribution is 1.80. The van der Waals surface area contributed by atoms with Crippen LogP contribution >= 0.6 is 0 Å². The van der Waals surface area contributed by atoms with E-state index in [4.69, 9.17) is 0 Å². The average molecular weight is 172 g/mol. The van der Waals surface area contributed by atoms with Crippen LogP contribution in [0, 0.1) is 7.05 Å². The molecule has 0 heterocycles. The highest BCUT2D eigenvalue weighted by molar-refractivity contribution is 4.58. The van der Waals surface area contributed by atoms with Crippen molar-refractivity contribution >= 4 is 0 Å². The van der Waals surface area contributed by atoms with E-state index in [-0.39, 0.29) is 0 Å². The summed E-state index contributed by atoms with van der Waals surface area (Å²) in [5.41, 5.74) is 0. The van der Waals surface area contributed by atoms with Gasteiger partial charge < -0.3 is 10.6 Å². The van der Waals surface area contributed by atoms with Crippen LogP contribution in [0.3, 0.4) is 0 Å². The molecule has 0 aromatic heterocycles. The molecule has 0 unspecified atom stereocenters. The Morgan fingerprint density at radius 3 is 1.75 bits per heavy atom. The minimum atomic E-state index is 1.03. The molecule has 3 heteroatoms. The molecule has 0 saturated heterocycles. The summed E-state index contributed by atoms with van der Waals surface area (Å²) in [6.45, 7) is 10.4. The fourth-order valence-electron chi connectivity index (χ4n) is 0.940. The Morgan fingerprint density at radius 2 is 1.42 bits per heavy atom. The van der Waals surface area contributed by atoms with Crippen LogP contribution in [-0.2, 0) is 0 Å². The molecule has 73 valence electrons. The first kappa shape index (κ1) is 11.9. The fraction of sp³-hybridized carbons (Fsp3) is 0.889. The van der Waals surface area contributed by atoms with Crippen LogP contribution in [0.25, 0.3) is 0 Å². The molecule has 2 N–H and O–H groups in total. The summed E-state index contributed by atoms with van der Waals surface area (Å²) in [5, 5.41) is 6.53. The fourth-order valence-corrected chi connectivity index (χ4v) is 0.940. The van der Waals surface area contributed by atoms with E-state index in [1.807, 2.05) is 0 Å². The number of likely N-dealkylation sites (N-methyl/N-ethyl adjacent to an activating group) is 2. The van der Waals surface area contributed by atoms with Gasteiger partial charge in [-0.3, -0.25) is 4.90 Å². The van der Waals surface area contributed by atoms with Gasteiger partial charge in [0.05, 0.1) is 0 Å². The summed E-state index contributed by atoms with van der Waals surface area (Å²) in [7, 11) is 3.93. The monoisotopic (exact) mass is 172 g/mol. The first-order valence-corrected chi connectivity index (χ1v) is 4.78. The van der Waals surface area contributed by atoms with E-state index in [9.17, 15) is 0 Å². The molecule has 0 saturated carbocycles.